The molecule has 142 valence electrons. The summed E-state index contributed by atoms with van der Waals surface area (Å²) in [6, 6.07) is 8.35. The van der Waals surface area contributed by atoms with E-state index in [0.717, 1.165) is 48.9 Å². The van der Waals surface area contributed by atoms with Crippen LogP contribution in [0.4, 0.5) is 11.8 Å². The number of anilines is 2. The molecule has 1 aliphatic carbocycles. The van der Waals surface area contributed by atoms with Crippen LogP contribution in [0.3, 0.4) is 0 Å². The van der Waals surface area contributed by atoms with E-state index in [1.54, 1.807) is 6.20 Å². The van der Waals surface area contributed by atoms with Gasteiger partial charge in [0.2, 0.25) is 5.95 Å². The molecular weight excluding hydrogens is 374 g/mol. The number of hydrogen-bond donors (Lipinski definition) is 2. The number of hydrogen-bond acceptors (Lipinski definition) is 7. The van der Waals surface area contributed by atoms with Crippen molar-refractivity contribution in [3.05, 3.63) is 47.5 Å². The molecule has 0 bridgehead atoms. The molecule has 28 heavy (non-hydrogen) atoms. The molecule has 3 aromatic heterocycles. The van der Waals surface area contributed by atoms with E-state index in [9.17, 15) is 0 Å². The average Bonchev–Trinajstić information content (AvgIpc) is 2.74. The summed E-state index contributed by atoms with van der Waals surface area (Å²) in [6.07, 6.45) is 9.18. The molecule has 0 aromatic carbocycles. The fourth-order valence-corrected chi connectivity index (χ4v) is 3.73. The van der Waals surface area contributed by atoms with Gasteiger partial charge in [0.05, 0.1) is 18.0 Å². The van der Waals surface area contributed by atoms with Crippen molar-refractivity contribution in [3.8, 4) is 6.07 Å². The van der Waals surface area contributed by atoms with E-state index in [1.165, 1.54) is 12.4 Å². The van der Waals surface area contributed by atoms with Crippen LogP contribution in [-0.4, -0.2) is 32.5 Å². The van der Waals surface area contributed by atoms with Crippen molar-refractivity contribution in [1.29, 1.82) is 5.26 Å². The minimum atomic E-state index is 0.405. The maximum Gasteiger partial charge on any atom is 0.222 e. The van der Waals surface area contributed by atoms with Crippen LogP contribution < -0.4 is 10.6 Å². The second kappa shape index (κ2) is 8.36. The maximum absolute atomic E-state index is 8.79. The number of rotatable bonds is 5. The molecule has 1 saturated carbocycles. The fourth-order valence-electron chi connectivity index (χ4n) is 3.53. The Kier molecular flexibility index (Phi) is 5.49. The van der Waals surface area contributed by atoms with E-state index in [-0.39, 0.29) is 0 Å². The van der Waals surface area contributed by atoms with Crippen molar-refractivity contribution < 1.29 is 0 Å². The molecule has 2 N–H and O–H groups in total. The molecule has 0 amide bonds. The second-order valence-electron chi connectivity index (χ2n) is 7.02. The van der Waals surface area contributed by atoms with Crippen molar-refractivity contribution in [3.63, 3.8) is 0 Å². The smallest absolute Gasteiger partial charge is 0.222 e. The van der Waals surface area contributed by atoms with Gasteiger partial charge in [-0.05, 0) is 49.8 Å². The molecule has 7 nitrogen and oxygen atoms in total. The standard InChI is InChI=1S/C20H20ClN7/c21-19-18-15(7-8-23-19)3-6-17(28-18)27-16-4-1-13(2-5-16)10-24-20-25-11-14(9-22)12-26-20/h3,6-8,11-13,16H,1-2,4-5,10H2,(H,27,28)(H,24,25,26)/t13-,16-. The number of nitrogens with one attached hydrogen (secondary N) is 2. The SMILES string of the molecule is N#Cc1cnc(NC[C@H]2CC[C@H](Nc3ccc4ccnc(Cl)c4n3)CC2)nc1. The van der Waals surface area contributed by atoms with Gasteiger partial charge in [0.15, 0.2) is 5.15 Å². The van der Waals surface area contributed by atoms with Crippen LogP contribution in [0.1, 0.15) is 31.2 Å². The maximum atomic E-state index is 8.79. The Morgan fingerprint density at radius 3 is 2.61 bits per heavy atom. The molecule has 0 atom stereocenters. The normalized spacial score (nSPS) is 19.1. The topological polar surface area (TPSA) is 99.4 Å². The van der Waals surface area contributed by atoms with Gasteiger partial charge in [-0.15, -0.1) is 0 Å². The Balaban J connectivity index is 1.28. The highest BCUT2D eigenvalue weighted by atomic mass is 35.5. The van der Waals surface area contributed by atoms with Crippen molar-refractivity contribution >= 4 is 34.3 Å². The van der Waals surface area contributed by atoms with Gasteiger partial charge in [0.25, 0.3) is 0 Å². The number of aromatic nitrogens is 4. The molecule has 1 fully saturated rings. The first-order chi connectivity index (χ1) is 13.7. The lowest BCUT2D eigenvalue weighted by Crippen LogP contribution is -2.29. The Bertz CT molecular complexity index is 992. The molecule has 3 heterocycles. The van der Waals surface area contributed by atoms with Crippen molar-refractivity contribution in [2.24, 2.45) is 5.92 Å². The third kappa shape index (κ3) is 4.29. The van der Waals surface area contributed by atoms with Crippen molar-refractivity contribution in [2.45, 2.75) is 31.7 Å². The molecule has 0 aliphatic heterocycles. The summed E-state index contributed by atoms with van der Waals surface area (Å²) >= 11 is 6.16. The third-order valence-electron chi connectivity index (χ3n) is 5.09. The minimum absolute atomic E-state index is 0.405. The summed E-state index contributed by atoms with van der Waals surface area (Å²) in [5.74, 6) is 2.00. The Morgan fingerprint density at radius 1 is 1.07 bits per heavy atom. The molecular formula is C20H20ClN7. The van der Waals surface area contributed by atoms with Crippen LogP contribution in [0.2, 0.25) is 5.15 Å². The van der Waals surface area contributed by atoms with Gasteiger partial charge in [-0.3, -0.25) is 0 Å². The first-order valence-corrected chi connectivity index (χ1v) is 9.73. The fraction of sp³-hybridized carbons (Fsp3) is 0.350. The Hall–Kier alpha value is -2.98. The average molecular weight is 394 g/mol. The zero-order chi connectivity index (χ0) is 19.3. The molecule has 4 rings (SSSR count). The van der Waals surface area contributed by atoms with Crippen LogP contribution >= 0.6 is 11.6 Å². The number of nitriles is 1. The highest BCUT2D eigenvalue weighted by Crippen LogP contribution is 2.27. The highest BCUT2D eigenvalue weighted by molar-refractivity contribution is 6.33. The summed E-state index contributed by atoms with van der Waals surface area (Å²) in [7, 11) is 0. The lowest BCUT2D eigenvalue weighted by atomic mass is 9.86. The summed E-state index contributed by atoms with van der Waals surface area (Å²) in [5.41, 5.74) is 1.20. The van der Waals surface area contributed by atoms with Gasteiger partial charge in [-0.25, -0.2) is 19.9 Å². The van der Waals surface area contributed by atoms with Crippen molar-refractivity contribution in [1.82, 2.24) is 19.9 Å². The van der Waals surface area contributed by atoms with Gasteiger partial charge in [-0.1, -0.05) is 11.6 Å². The molecule has 8 heteroatoms. The summed E-state index contributed by atoms with van der Waals surface area (Å²) in [4.78, 5) is 17.0. The van der Waals surface area contributed by atoms with Gasteiger partial charge >= 0.3 is 0 Å². The zero-order valence-corrected chi connectivity index (χ0v) is 16.0. The molecule has 0 spiro atoms. The third-order valence-corrected chi connectivity index (χ3v) is 5.37. The molecule has 0 unspecified atom stereocenters. The van der Waals surface area contributed by atoms with Gasteiger partial charge in [0.1, 0.15) is 17.4 Å². The van der Waals surface area contributed by atoms with Crippen LogP contribution in [0, 0.1) is 17.2 Å². The first kappa shape index (κ1) is 18.4. The molecule has 1 aliphatic rings. The van der Waals surface area contributed by atoms with Crippen LogP contribution in [0.5, 0.6) is 0 Å². The zero-order valence-electron chi connectivity index (χ0n) is 15.3. The predicted octanol–water partition coefficient (Wildman–Crippen LogP) is 4.03. The van der Waals surface area contributed by atoms with Crippen molar-refractivity contribution in [2.75, 3.05) is 17.2 Å². The first-order valence-electron chi connectivity index (χ1n) is 9.35. The van der Waals surface area contributed by atoms with E-state index in [2.05, 4.69) is 30.6 Å². The van der Waals surface area contributed by atoms with E-state index in [4.69, 9.17) is 16.9 Å². The number of halogens is 1. The van der Waals surface area contributed by atoms with Gasteiger partial charge < -0.3 is 10.6 Å². The van der Waals surface area contributed by atoms with E-state index < -0.39 is 0 Å². The lowest BCUT2D eigenvalue weighted by Gasteiger charge is -2.29. The quantitative estimate of drug-likeness (QED) is 0.631. The monoisotopic (exact) mass is 393 g/mol. The van der Waals surface area contributed by atoms with E-state index in [0.29, 0.717) is 28.6 Å². The summed E-state index contributed by atoms with van der Waals surface area (Å²) in [5, 5.41) is 17.0. The predicted molar refractivity (Wildman–Crippen MR) is 109 cm³/mol. The molecule has 0 radical (unpaired) electrons. The van der Waals surface area contributed by atoms with Gasteiger partial charge in [0, 0.05) is 24.2 Å². The number of nitrogens with zero attached hydrogens (tertiary/aromatic N) is 5. The minimum Gasteiger partial charge on any atom is -0.367 e. The second-order valence-corrected chi connectivity index (χ2v) is 7.38. The Labute approximate surface area is 168 Å². The van der Waals surface area contributed by atoms with E-state index >= 15 is 0 Å². The van der Waals surface area contributed by atoms with Gasteiger partial charge in [-0.2, -0.15) is 5.26 Å². The summed E-state index contributed by atoms with van der Waals surface area (Å²) in [6.45, 7) is 0.841. The lowest BCUT2D eigenvalue weighted by molar-refractivity contribution is 0.350. The van der Waals surface area contributed by atoms with E-state index in [1.807, 2.05) is 24.3 Å². The summed E-state index contributed by atoms with van der Waals surface area (Å²) < 4.78 is 0. The number of pyridine rings is 2. The van der Waals surface area contributed by atoms with Crippen LogP contribution in [0.25, 0.3) is 10.9 Å². The molecule has 0 saturated heterocycles. The van der Waals surface area contributed by atoms with Crippen LogP contribution in [0.15, 0.2) is 36.8 Å². The molecule has 3 aromatic rings. The largest absolute Gasteiger partial charge is 0.367 e. The number of fused-ring (bicyclic) bond motifs is 1. The highest BCUT2D eigenvalue weighted by Gasteiger charge is 2.21. The van der Waals surface area contributed by atoms with Crippen LogP contribution in [-0.2, 0) is 0 Å². The Morgan fingerprint density at radius 2 is 1.86 bits per heavy atom.